The monoisotopic (exact) mass is 389 g/mol. The van der Waals surface area contributed by atoms with Gasteiger partial charge in [0, 0.05) is 29.2 Å². The number of ether oxygens (including phenoxy) is 1. The van der Waals surface area contributed by atoms with Gasteiger partial charge >= 0.3 is 12.1 Å². The standard InChI is InChI=1S/C18H19ClF3NO3/c1-9-3-4-10(2)23(9)8-12-7-15-11(6-14(12)19)5-13(17(24)25)16(26-15)18(20,21)22/h5-7,9-10,16H,3-4,8H2,1-2H3,(H,24,25). The topological polar surface area (TPSA) is 49.8 Å². The number of fused-ring (bicyclic) bond motifs is 1. The first-order valence-electron chi connectivity index (χ1n) is 8.34. The number of likely N-dealkylation sites (tertiary alicyclic amines) is 1. The number of carboxylic acids is 1. The number of rotatable bonds is 3. The predicted molar refractivity (Wildman–Crippen MR) is 91.2 cm³/mol. The summed E-state index contributed by atoms with van der Waals surface area (Å²) in [5.41, 5.74) is 0.0499. The van der Waals surface area contributed by atoms with Crippen LogP contribution < -0.4 is 4.74 Å². The van der Waals surface area contributed by atoms with E-state index in [1.807, 2.05) is 0 Å². The highest BCUT2D eigenvalue weighted by Gasteiger charge is 2.48. The number of carboxylic acid groups (broad SMARTS) is 1. The van der Waals surface area contributed by atoms with Gasteiger partial charge in [0.25, 0.3) is 0 Å². The van der Waals surface area contributed by atoms with Crippen LogP contribution in [0.4, 0.5) is 13.2 Å². The van der Waals surface area contributed by atoms with Crippen molar-refractivity contribution in [2.45, 2.75) is 57.6 Å². The fourth-order valence-corrected chi connectivity index (χ4v) is 3.79. The smallest absolute Gasteiger partial charge is 0.430 e. The summed E-state index contributed by atoms with van der Waals surface area (Å²) in [7, 11) is 0. The van der Waals surface area contributed by atoms with Gasteiger partial charge in [-0.2, -0.15) is 13.2 Å². The summed E-state index contributed by atoms with van der Waals surface area (Å²) in [4.78, 5) is 13.4. The van der Waals surface area contributed by atoms with E-state index < -0.39 is 23.8 Å². The van der Waals surface area contributed by atoms with Crippen molar-refractivity contribution in [3.8, 4) is 5.75 Å². The van der Waals surface area contributed by atoms with Crippen LogP contribution in [0.3, 0.4) is 0 Å². The fourth-order valence-electron chi connectivity index (χ4n) is 3.55. The molecule has 3 rings (SSSR count). The zero-order valence-electron chi connectivity index (χ0n) is 14.3. The summed E-state index contributed by atoms with van der Waals surface area (Å²) in [5.74, 6) is -1.67. The lowest BCUT2D eigenvalue weighted by Gasteiger charge is -2.29. The Balaban J connectivity index is 1.97. The number of hydrogen-bond donors (Lipinski definition) is 1. The Hall–Kier alpha value is -1.73. The molecule has 26 heavy (non-hydrogen) atoms. The first-order valence-corrected chi connectivity index (χ1v) is 8.72. The highest BCUT2D eigenvalue weighted by atomic mass is 35.5. The summed E-state index contributed by atoms with van der Waals surface area (Å²) >= 11 is 6.31. The SMILES string of the molecule is CC1CCC(C)N1Cc1cc2c(cc1Cl)C=C(C(=O)O)C(C(F)(F)F)O2. The lowest BCUT2D eigenvalue weighted by atomic mass is 9.99. The van der Waals surface area contributed by atoms with Crippen molar-refractivity contribution in [3.05, 3.63) is 33.9 Å². The minimum Gasteiger partial charge on any atom is -0.478 e. The molecule has 2 heterocycles. The molecular weight excluding hydrogens is 371 g/mol. The summed E-state index contributed by atoms with van der Waals surface area (Å²) in [6, 6.07) is 3.68. The molecule has 2 aliphatic rings. The van der Waals surface area contributed by atoms with E-state index in [0.717, 1.165) is 18.9 Å². The van der Waals surface area contributed by atoms with Crippen LogP contribution in [0, 0.1) is 0 Å². The maximum atomic E-state index is 13.2. The highest BCUT2D eigenvalue weighted by Crippen LogP contribution is 2.40. The van der Waals surface area contributed by atoms with E-state index in [-0.39, 0.29) is 11.3 Å². The van der Waals surface area contributed by atoms with Gasteiger partial charge in [0.2, 0.25) is 6.10 Å². The van der Waals surface area contributed by atoms with Crippen LogP contribution >= 0.6 is 11.6 Å². The van der Waals surface area contributed by atoms with Crippen molar-refractivity contribution in [2.75, 3.05) is 0 Å². The molecule has 0 aliphatic carbocycles. The number of nitrogens with zero attached hydrogens (tertiary/aromatic N) is 1. The number of carbonyl (C=O) groups is 1. The number of alkyl halides is 3. The highest BCUT2D eigenvalue weighted by molar-refractivity contribution is 6.31. The van der Waals surface area contributed by atoms with Gasteiger partial charge in [0.1, 0.15) is 5.75 Å². The van der Waals surface area contributed by atoms with Crippen molar-refractivity contribution in [1.82, 2.24) is 4.90 Å². The second-order valence-corrected chi connectivity index (χ2v) is 7.28. The maximum Gasteiger partial charge on any atom is 0.430 e. The van der Waals surface area contributed by atoms with Gasteiger partial charge in [0.05, 0.1) is 5.57 Å². The molecule has 1 N–H and O–H groups in total. The van der Waals surface area contributed by atoms with E-state index in [4.69, 9.17) is 21.4 Å². The van der Waals surface area contributed by atoms with Gasteiger partial charge in [-0.1, -0.05) is 11.6 Å². The first kappa shape index (κ1) is 19.0. The third-order valence-corrected chi connectivity index (χ3v) is 5.40. The van der Waals surface area contributed by atoms with Crippen LogP contribution in [0.5, 0.6) is 5.75 Å². The normalized spacial score (nSPS) is 26.2. The van der Waals surface area contributed by atoms with Crippen LogP contribution in [0.25, 0.3) is 6.08 Å². The molecule has 1 aromatic rings. The summed E-state index contributed by atoms with van der Waals surface area (Å²) in [6.07, 6.45) is -4.22. The lowest BCUT2D eigenvalue weighted by Crippen LogP contribution is -2.40. The molecule has 0 bridgehead atoms. The molecule has 1 aromatic carbocycles. The quantitative estimate of drug-likeness (QED) is 0.826. The molecule has 3 unspecified atom stereocenters. The molecule has 1 saturated heterocycles. The Bertz CT molecular complexity index is 753. The van der Waals surface area contributed by atoms with Crippen molar-refractivity contribution in [1.29, 1.82) is 0 Å². The Morgan fingerprint density at radius 3 is 2.46 bits per heavy atom. The average molecular weight is 390 g/mol. The molecule has 0 saturated carbocycles. The molecule has 1 fully saturated rings. The molecule has 142 valence electrons. The number of hydrogen-bond acceptors (Lipinski definition) is 3. The van der Waals surface area contributed by atoms with Gasteiger partial charge in [-0.15, -0.1) is 0 Å². The minimum atomic E-state index is -4.82. The molecule has 0 spiro atoms. The van der Waals surface area contributed by atoms with Crippen LogP contribution in [-0.2, 0) is 11.3 Å². The molecule has 8 heteroatoms. The Kier molecular flexibility index (Phi) is 4.96. The van der Waals surface area contributed by atoms with E-state index in [2.05, 4.69) is 18.7 Å². The van der Waals surface area contributed by atoms with E-state index in [1.165, 1.54) is 12.1 Å². The number of benzene rings is 1. The zero-order valence-corrected chi connectivity index (χ0v) is 15.1. The van der Waals surface area contributed by atoms with Gasteiger partial charge in [-0.3, -0.25) is 4.90 Å². The third kappa shape index (κ3) is 3.55. The first-order chi connectivity index (χ1) is 12.1. The molecule has 2 aliphatic heterocycles. The molecule has 3 atom stereocenters. The summed E-state index contributed by atoms with van der Waals surface area (Å²) < 4.78 is 44.6. The molecule has 0 aromatic heterocycles. The second kappa shape index (κ2) is 6.78. The fraction of sp³-hybridized carbons (Fsp3) is 0.500. The van der Waals surface area contributed by atoms with Gasteiger partial charge < -0.3 is 9.84 Å². The van der Waals surface area contributed by atoms with E-state index in [9.17, 15) is 18.0 Å². The van der Waals surface area contributed by atoms with Crippen LogP contribution in [-0.4, -0.2) is 40.3 Å². The van der Waals surface area contributed by atoms with Gasteiger partial charge in [0.15, 0.2) is 0 Å². The van der Waals surface area contributed by atoms with Crippen molar-refractivity contribution < 1.29 is 27.8 Å². The largest absolute Gasteiger partial charge is 0.478 e. The molecule has 4 nitrogen and oxygen atoms in total. The van der Waals surface area contributed by atoms with Crippen LogP contribution in [0.15, 0.2) is 17.7 Å². The van der Waals surface area contributed by atoms with Crippen LogP contribution in [0.2, 0.25) is 5.02 Å². The van der Waals surface area contributed by atoms with Gasteiger partial charge in [-0.05, 0) is 50.5 Å². The van der Waals surface area contributed by atoms with E-state index in [1.54, 1.807) is 0 Å². The Morgan fingerprint density at radius 1 is 1.31 bits per heavy atom. The van der Waals surface area contributed by atoms with Crippen LogP contribution in [0.1, 0.15) is 37.8 Å². The Morgan fingerprint density at radius 2 is 1.92 bits per heavy atom. The third-order valence-electron chi connectivity index (χ3n) is 5.05. The summed E-state index contributed by atoms with van der Waals surface area (Å²) in [6.45, 7) is 4.71. The van der Waals surface area contributed by atoms with Crippen molar-refractivity contribution >= 4 is 23.6 Å². The maximum absolute atomic E-state index is 13.2. The Labute approximate surface area is 154 Å². The van der Waals surface area contributed by atoms with Gasteiger partial charge in [-0.25, -0.2) is 4.79 Å². The summed E-state index contributed by atoms with van der Waals surface area (Å²) in [5, 5.41) is 9.46. The molecular formula is C18H19ClF3NO3. The molecule has 0 radical (unpaired) electrons. The minimum absolute atomic E-state index is 0.00349. The second-order valence-electron chi connectivity index (χ2n) is 6.87. The number of halogens is 4. The number of aliphatic carboxylic acids is 1. The van der Waals surface area contributed by atoms with Crippen molar-refractivity contribution in [2.24, 2.45) is 0 Å². The van der Waals surface area contributed by atoms with Crippen molar-refractivity contribution in [3.63, 3.8) is 0 Å². The van der Waals surface area contributed by atoms with E-state index >= 15 is 0 Å². The average Bonchev–Trinajstić information content (AvgIpc) is 2.85. The molecule has 0 amide bonds. The van der Waals surface area contributed by atoms with E-state index in [0.29, 0.717) is 29.2 Å². The predicted octanol–water partition coefficient (Wildman–Crippen LogP) is 4.50. The zero-order chi connectivity index (χ0) is 19.2. The lowest BCUT2D eigenvalue weighted by molar-refractivity contribution is -0.187.